The van der Waals surface area contributed by atoms with Crippen LogP contribution in [0.2, 0.25) is 0 Å². The molecule has 6 nitrogen and oxygen atoms in total. The molecule has 1 fully saturated rings. The first-order valence-corrected chi connectivity index (χ1v) is 7.65. The lowest BCUT2D eigenvalue weighted by molar-refractivity contribution is -0.138. The van der Waals surface area contributed by atoms with E-state index in [4.69, 9.17) is 0 Å². The molecule has 0 amide bonds. The van der Waals surface area contributed by atoms with Crippen molar-refractivity contribution in [2.24, 2.45) is 0 Å². The second-order valence-corrected chi connectivity index (χ2v) is 6.75. The third kappa shape index (κ3) is 11.8. The number of ether oxygens (including phenoxy) is 1. The summed E-state index contributed by atoms with van der Waals surface area (Å²) in [5.74, 6) is 0. The minimum absolute atomic E-state index is 0.227. The fourth-order valence-electron chi connectivity index (χ4n) is 1.25. The summed E-state index contributed by atoms with van der Waals surface area (Å²) >= 11 is 0. The quantitative estimate of drug-likeness (QED) is 0.602. The van der Waals surface area contributed by atoms with E-state index in [0.717, 1.165) is 25.6 Å². The maximum Gasteiger partial charge on any atom is 0.293 e. The lowest BCUT2D eigenvalue weighted by Gasteiger charge is -2.14. The van der Waals surface area contributed by atoms with Crippen LogP contribution in [0.3, 0.4) is 0 Å². The molecule has 0 aromatic carbocycles. The van der Waals surface area contributed by atoms with Gasteiger partial charge in [0.25, 0.3) is 16.6 Å². The fourth-order valence-corrected chi connectivity index (χ4v) is 1.66. The van der Waals surface area contributed by atoms with Crippen molar-refractivity contribution in [2.45, 2.75) is 45.3 Å². The number of carbonyl (C=O) groups excluding carboxylic acids is 1. The summed E-state index contributed by atoms with van der Waals surface area (Å²) in [4.78, 5) is 9.60. The highest BCUT2D eigenvalue weighted by atomic mass is 32.2. The Morgan fingerprint density at radius 3 is 2.28 bits per heavy atom. The van der Waals surface area contributed by atoms with Gasteiger partial charge in [-0.1, -0.05) is 0 Å². The van der Waals surface area contributed by atoms with E-state index < -0.39 is 10.1 Å². The van der Waals surface area contributed by atoms with Gasteiger partial charge in [0.05, 0.1) is 12.9 Å². The summed E-state index contributed by atoms with van der Waals surface area (Å²) in [6.45, 7) is 7.17. The van der Waals surface area contributed by atoms with Gasteiger partial charge in [-0.2, -0.15) is 8.42 Å². The Kier molecular flexibility index (Phi) is 7.42. The minimum atomic E-state index is -3.25. The predicted molar refractivity (Wildman–Crippen MR) is 68.7 cm³/mol. The molecule has 1 aliphatic rings. The van der Waals surface area contributed by atoms with Gasteiger partial charge in [0.15, 0.2) is 0 Å². The van der Waals surface area contributed by atoms with Crippen LogP contribution in [0.1, 0.15) is 33.6 Å². The van der Waals surface area contributed by atoms with Gasteiger partial charge >= 0.3 is 0 Å². The zero-order valence-electron chi connectivity index (χ0n) is 11.4. The molecule has 18 heavy (non-hydrogen) atoms. The normalized spacial score (nSPS) is 19.9. The van der Waals surface area contributed by atoms with E-state index in [9.17, 15) is 13.2 Å². The molecule has 0 radical (unpaired) electrons. The van der Waals surface area contributed by atoms with Crippen LogP contribution in [0.4, 0.5) is 0 Å². The average Bonchev–Trinajstić information content (AvgIpc) is 2.64. The van der Waals surface area contributed by atoms with E-state index in [0.29, 0.717) is 6.47 Å². The number of rotatable bonds is 4. The molecule has 0 unspecified atom stereocenters. The first-order chi connectivity index (χ1) is 8.14. The van der Waals surface area contributed by atoms with E-state index in [1.807, 2.05) is 20.8 Å². The average molecular weight is 281 g/mol. The van der Waals surface area contributed by atoms with Crippen molar-refractivity contribution in [3.05, 3.63) is 0 Å². The van der Waals surface area contributed by atoms with Crippen LogP contribution in [0.25, 0.3) is 0 Å². The van der Waals surface area contributed by atoms with Crippen LogP contribution in [-0.4, -0.2) is 45.9 Å². The Labute approximate surface area is 109 Å². The van der Waals surface area contributed by atoms with Gasteiger partial charge in [0, 0.05) is 6.04 Å². The third-order valence-corrected chi connectivity index (χ3v) is 2.61. The first-order valence-electron chi connectivity index (χ1n) is 5.83. The van der Waals surface area contributed by atoms with Gasteiger partial charge in [-0.05, 0) is 40.2 Å². The van der Waals surface area contributed by atoms with Crippen molar-refractivity contribution >= 4 is 16.6 Å². The zero-order chi connectivity index (χ0) is 14.2. The Hall–Kier alpha value is -0.660. The summed E-state index contributed by atoms with van der Waals surface area (Å²) in [5.41, 5.74) is -0.318. The van der Waals surface area contributed by atoms with Crippen LogP contribution in [-0.2, 0) is 23.8 Å². The van der Waals surface area contributed by atoms with Gasteiger partial charge in [-0.25, -0.2) is 0 Å². The van der Waals surface area contributed by atoms with E-state index in [1.165, 1.54) is 0 Å². The van der Waals surface area contributed by atoms with Crippen molar-refractivity contribution in [1.29, 1.82) is 0 Å². The topological polar surface area (TPSA) is 81.7 Å². The lowest BCUT2D eigenvalue weighted by atomic mass is 10.2. The molecule has 1 heterocycles. The largest absolute Gasteiger partial charge is 0.462 e. The van der Waals surface area contributed by atoms with Crippen LogP contribution in [0.15, 0.2) is 0 Å². The zero-order valence-corrected chi connectivity index (χ0v) is 12.2. The summed E-state index contributed by atoms with van der Waals surface area (Å²) in [6.07, 6.45) is 3.19. The van der Waals surface area contributed by atoms with Crippen molar-refractivity contribution in [1.82, 2.24) is 5.32 Å². The lowest BCUT2D eigenvalue weighted by Crippen LogP contribution is -2.27. The number of carbonyl (C=O) groups is 1. The van der Waals surface area contributed by atoms with E-state index in [1.54, 1.807) is 0 Å². The molecule has 1 N–H and O–H groups in total. The standard InChI is InChI=1S/C6H13NO3S.C5H10O2/c1-11(8,9)10-5-6-3-2-4-7-6;1-5(2,3)7-4-6/h6-7H,2-5H2,1H3;4H,1-3H3/t6-;/m1./s1. The van der Waals surface area contributed by atoms with Gasteiger partial charge in [-0.3, -0.25) is 8.98 Å². The molecular formula is C11H23NO5S. The molecule has 0 aliphatic carbocycles. The molecular weight excluding hydrogens is 258 g/mol. The molecule has 1 aliphatic heterocycles. The van der Waals surface area contributed by atoms with Crippen molar-refractivity contribution < 1.29 is 22.1 Å². The van der Waals surface area contributed by atoms with Gasteiger partial charge < -0.3 is 10.1 Å². The molecule has 0 saturated carbocycles. The smallest absolute Gasteiger partial charge is 0.293 e. The van der Waals surface area contributed by atoms with E-state index in [-0.39, 0.29) is 18.2 Å². The molecule has 1 atom stereocenters. The fraction of sp³-hybridized carbons (Fsp3) is 0.909. The minimum Gasteiger partial charge on any atom is -0.462 e. The van der Waals surface area contributed by atoms with Crippen molar-refractivity contribution in [3.63, 3.8) is 0 Å². The van der Waals surface area contributed by atoms with Crippen LogP contribution in [0.5, 0.6) is 0 Å². The van der Waals surface area contributed by atoms with Crippen LogP contribution in [0, 0.1) is 0 Å². The van der Waals surface area contributed by atoms with Crippen LogP contribution < -0.4 is 5.32 Å². The number of hydrogen-bond donors (Lipinski definition) is 1. The van der Waals surface area contributed by atoms with Gasteiger partial charge in [0.1, 0.15) is 5.60 Å². The number of hydrogen-bond acceptors (Lipinski definition) is 6. The highest BCUT2D eigenvalue weighted by Crippen LogP contribution is 2.05. The Morgan fingerprint density at radius 2 is 2.00 bits per heavy atom. The number of nitrogens with one attached hydrogen (secondary N) is 1. The molecule has 7 heteroatoms. The molecule has 0 spiro atoms. The SMILES string of the molecule is CC(C)(C)OC=O.CS(=O)(=O)OC[C@H]1CCCN1. The van der Waals surface area contributed by atoms with E-state index >= 15 is 0 Å². The van der Waals surface area contributed by atoms with Gasteiger partial charge in [-0.15, -0.1) is 0 Å². The first kappa shape index (κ1) is 17.3. The Bertz CT molecular complexity index is 328. The summed E-state index contributed by atoms with van der Waals surface area (Å²) < 4.78 is 30.2. The summed E-state index contributed by atoms with van der Waals surface area (Å²) in [6, 6.07) is 0.227. The van der Waals surface area contributed by atoms with Crippen LogP contribution >= 0.6 is 0 Å². The predicted octanol–water partition coefficient (Wildman–Crippen LogP) is 0.673. The maximum atomic E-state index is 10.5. The Balaban J connectivity index is 0.000000360. The molecule has 1 rings (SSSR count). The highest BCUT2D eigenvalue weighted by molar-refractivity contribution is 7.85. The third-order valence-electron chi connectivity index (χ3n) is 2.05. The maximum absolute atomic E-state index is 10.5. The molecule has 1 saturated heterocycles. The van der Waals surface area contributed by atoms with E-state index in [2.05, 4.69) is 14.2 Å². The molecule has 108 valence electrons. The monoisotopic (exact) mass is 281 g/mol. The molecule has 0 bridgehead atoms. The van der Waals surface area contributed by atoms with Gasteiger partial charge in [0.2, 0.25) is 0 Å². The van der Waals surface area contributed by atoms with Crippen molar-refractivity contribution in [3.8, 4) is 0 Å². The highest BCUT2D eigenvalue weighted by Gasteiger charge is 2.15. The summed E-state index contributed by atoms with van der Waals surface area (Å²) in [5, 5.41) is 3.14. The molecule has 0 aromatic heterocycles. The van der Waals surface area contributed by atoms with Crippen molar-refractivity contribution in [2.75, 3.05) is 19.4 Å². The summed E-state index contributed by atoms with van der Waals surface area (Å²) in [7, 11) is -3.25. The second kappa shape index (κ2) is 7.70. The molecule has 0 aromatic rings. The second-order valence-electron chi connectivity index (χ2n) is 5.11. The Morgan fingerprint density at radius 1 is 1.39 bits per heavy atom.